The van der Waals surface area contributed by atoms with Gasteiger partial charge in [0, 0.05) is 18.7 Å². The first-order valence-electron chi connectivity index (χ1n) is 11.0. The van der Waals surface area contributed by atoms with Crippen LogP contribution in [0.15, 0.2) is 59.8 Å². The smallest absolute Gasteiger partial charge is 0.283 e. The van der Waals surface area contributed by atoms with Crippen LogP contribution in [0.2, 0.25) is 0 Å². The SMILES string of the molecule is Cc1ccc(N2CC(C(=O)Nn3cnc4c(cnn4-c4ccc(C)c(C)c4)c3=O)CC2=O)cc1. The van der Waals surface area contributed by atoms with Crippen LogP contribution in [-0.4, -0.2) is 37.8 Å². The first kappa shape index (κ1) is 21.6. The van der Waals surface area contributed by atoms with E-state index in [0.29, 0.717) is 5.65 Å². The third-order valence-corrected chi connectivity index (χ3v) is 6.30. The van der Waals surface area contributed by atoms with E-state index in [9.17, 15) is 14.4 Å². The van der Waals surface area contributed by atoms with Crippen molar-refractivity contribution in [1.29, 1.82) is 0 Å². The zero-order valence-corrected chi connectivity index (χ0v) is 19.1. The van der Waals surface area contributed by atoms with E-state index in [4.69, 9.17) is 0 Å². The molecule has 0 aliphatic carbocycles. The second-order valence-electron chi connectivity index (χ2n) is 8.70. The Balaban J connectivity index is 1.37. The van der Waals surface area contributed by atoms with Gasteiger partial charge in [-0.1, -0.05) is 23.8 Å². The molecule has 9 heteroatoms. The number of aromatic nitrogens is 4. The molecule has 1 aliphatic rings. The number of nitrogens with one attached hydrogen (secondary N) is 1. The molecule has 172 valence electrons. The van der Waals surface area contributed by atoms with Crippen molar-refractivity contribution in [2.45, 2.75) is 27.2 Å². The van der Waals surface area contributed by atoms with Gasteiger partial charge in [-0.25, -0.2) is 14.3 Å². The zero-order chi connectivity index (χ0) is 24.0. The van der Waals surface area contributed by atoms with Crippen LogP contribution in [-0.2, 0) is 9.59 Å². The topological polar surface area (TPSA) is 102 Å². The predicted octanol–water partition coefficient (Wildman–Crippen LogP) is 2.63. The molecular weight excluding hydrogens is 432 g/mol. The number of aryl methyl sites for hydroxylation is 3. The van der Waals surface area contributed by atoms with Gasteiger partial charge in [-0.15, -0.1) is 0 Å². The normalized spacial score (nSPS) is 15.8. The Kier molecular flexibility index (Phi) is 5.24. The molecule has 1 aliphatic heterocycles. The van der Waals surface area contributed by atoms with Gasteiger partial charge < -0.3 is 4.90 Å². The summed E-state index contributed by atoms with van der Waals surface area (Å²) < 4.78 is 2.65. The van der Waals surface area contributed by atoms with E-state index in [-0.39, 0.29) is 24.3 Å². The van der Waals surface area contributed by atoms with Gasteiger partial charge in [0.1, 0.15) is 11.7 Å². The lowest BCUT2D eigenvalue weighted by atomic mass is 10.1. The van der Waals surface area contributed by atoms with Gasteiger partial charge in [-0.05, 0) is 56.2 Å². The van der Waals surface area contributed by atoms with Gasteiger partial charge in [-0.2, -0.15) is 5.10 Å². The van der Waals surface area contributed by atoms with Gasteiger partial charge in [0.2, 0.25) is 11.8 Å². The number of carbonyl (C=O) groups is 2. The summed E-state index contributed by atoms with van der Waals surface area (Å²) in [5.74, 6) is -1.11. The molecule has 1 saturated heterocycles. The Labute approximate surface area is 195 Å². The molecule has 4 aromatic rings. The van der Waals surface area contributed by atoms with Crippen molar-refractivity contribution < 1.29 is 9.59 Å². The second kappa shape index (κ2) is 8.26. The van der Waals surface area contributed by atoms with Crippen molar-refractivity contribution in [2.75, 3.05) is 16.9 Å². The number of rotatable bonds is 4. The van der Waals surface area contributed by atoms with Crippen molar-refractivity contribution in [3.8, 4) is 5.69 Å². The third-order valence-electron chi connectivity index (χ3n) is 6.30. The van der Waals surface area contributed by atoms with Crippen molar-refractivity contribution in [1.82, 2.24) is 19.4 Å². The van der Waals surface area contributed by atoms with Crippen LogP contribution in [0.1, 0.15) is 23.1 Å². The highest BCUT2D eigenvalue weighted by Gasteiger charge is 2.35. The van der Waals surface area contributed by atoms with Crippen LogP contribution in [0.4, 0.5) is 5.69 Å². The maximum Gasteiger partial charge on any atom is 0.283 e. The number of anilines is 1. The number of hydrogen-bond donors (Lipinski definition) is 1. The van der Waals surface area contributed by atoms with Crippen molar-refractivity contribution in [3.63, 3.8) is 0 Å². The Morgan fingerprint density at radius 3 is 2.47 bits per heavy atom. The third kappa shape index (κ3) is 3.75. The quantitative estimate of drug-likeness (QED) is 0.509. The van der Waals surface area contributed by atoms with Crippen LogP contribution in [0.3, 0.4) is 0 Å². The maximum atomic E-state index is 13.0. The lowest BCUT2D eigenvalue weighted by Crippen LogP contribution is -2.37. The summed E-state index contributed by atoms with van der Waals surface area (Å²) >= 11 is 0. The van der Waals surface area contributed by atoms with E-state index >= 15 is 0 Å². The molecule has 5 rings (SSSR count). The Hall–Kier alpha value is -4.27. The summed E-state index contributed by atoms with van der Waals surface area (Å²) in [6.07, 6.45) is 2.80. The molecule has 1 fully saturated rings. The van der Waals surface area contributed by atoms with Gasteiger partial charge >= 0.3 is 0 Å². The van der Waals surface area contributed by atoms with E-state index in [2.05, 4.69) is 15.5 Å². The van der Waals surface area contributed by atoms with Crippen LogP contribution < -0.4 is 15.9 Å². The lowest BCUT2D eigenvalue weighted by Gasteiger charge is -2.17. The fourth-order valence-electron chi connectivity index (χ4n) is 4.11. The largest absolute Gasteiger partial charge is 0.312 e. The molecule has 2 aromatic carbocycles. The highest BCUT2D eigenvalue weighted by Crippen LogP contribution is 2.25. The molecule has 1 atom stereocenters. The summed E-state index contributed by atoms with van der Waals surface area (Å²) in [6, 6.07) is 13.5. The number of nitrogens with zero attached hydrogens (tertiary/aromatic N) is 5. The van der Waals surface area contributed by atoms with Crippen molar-refractivity contribution in [3.05, 3.63) is 82.0 Å². The second-order valence-corrected chi connectivity index (χ2v) is 8.70. The van der Waals surface area contributed by atoms with Crippen LogP contribution in [0.5, 0.6) is 0 Å². The molecule has 2 aromatic heterocycles. The molecule has 1 unspecified atom stereocenters. The predicted molar refractivity (Wildman–Crippen MR) is 129 cm³/mol. The minimum atomic E-state index is -0.574. The molecule has 2 amide bonds. The molecule has 0 radical (unpaired) electrons. The number of amides is 2. The number of fused-ring (bicyclic) bond motifs is 1. The van der Waals surface area contributed by atoms with E-state index < -0.39 is 17.4 Å². The minimum Gasteiger partial charge on any atom is -0.312 e. The molecular formula is C25H24N6O3. The van der Waals surface area contributed by atoms with E-state index in [1.165, 1.54) is 12.5 Å². The fourth-order valence-corrected chi connectivity index (χ4v) is 4.11. The summed E-state index contributed by atoms with van der Waals surface area (Å²) in [6.45, 7) is 6.26. The first-order chi connectivity index (χ1) is 16.3. The van der Waals surface area contributed by atoms with Gasteiger partial charge in [-0.3, -0.25) is 19.8 Å². The van der Waals surface area contributed by atoms with E-state index in [1.54, 1.807) is 9.58 Å². The molecule has 1 N–H and O–H groups in total. The highest BCUT2D eigenvalue weighted by molar-refractivity contribution is 6.01. The molecule has 0 bridgehead atoms. The van der Waals surface area contributed by atoms with Crippen molar-refractivity contribution in [2.24, 2.45) is 5.92 Å². The first-order valence-corrected chi connectivity index (χ1v) is 11.0. The summed E-state index contributed by atoms with van der Waals surface area (Å²) in [5, 5.41) is 4.61. The van der Waals surface area contributed by atoms with Crippen LogP contribution in [0.25, 0.3) is 16.7 Å². The van der Waals surface area contributed by atoms with Crippen molar-refractivity contribution >= 4 is 28.5 Å². The average molecular weight is 457 g/mol. The number of benzene rings is 2. The standard InChI is InChI=1S/C25H24N6O3/c1-15-4-7-19(8-5-15)29-13-18(11-22(29)32)24(33)28-30-14-26-23-21(25(30)34)12-27-31(23)20-9-6-16(2)17(3)10-20/h4-10,12,14,18H,11,13H2,1-3H3,(H,28,33). The number of carbonyl (C=O) groups excluding carboxylic acids is 2. The summed E-state index contributed by atoms with van der Waals surface area (Å²) in [5.41, 5.74) is 7.47. The lowest BCUT2D eigenvalue weighted by molar-refractivity contribution is -0.123. The average Bonchev–Trinajstić information content (AvgIpc) is 3.42. The van der Waals surface area contributed by atoms with Crippen LogP contribution >= 0.6 is 0 Å². The Morgan fingerprint density at radius 2 is 1.74 bits per heavy atom. The summed E-state index contributed by atoms with van der Waals surface area (Å²) in [4.78, 5) is 44.4. The van der Waals surface area contributed by atoms with E-state index in [0.717, 1.165) is 32.7 Å². The molecule has 9 nitrogen and oxygen atoms in total. The Bertz CT molecular complexity index is 1490. The summed E-state index contributed by atoms with van der Waals surface area (Å²) in [7, 11) is 0. The molecule has 3 heterocycles. The fraction of sp³-hybridized carbons (Fsp3) is 0.240. The maximum absolute atomic E-state index is 13.0. The van der Waals surface area contributed by atoms with Gasteiger partial charge in [0.15, 0.2) is 5.65 Å². The van der Waals surface area contributed by atoms with Gasteiger partial charge in [0.25, 0.3) is 5.56 Å². The zero-order valence-electron chi connectivity index (χ0n) is 19.1. The molecule has 0 saturated carbocycles. The van der Waals surface area contributed by atoms with Gasteiger partial charge in [0.05, 0.1) is 17.8 Å². The van der Waals surface area contributed by atoms with Crippen LogP contribution in [0, 0.1) is 26.7 Å². The van der Waals surface area contributed by atoms with E-state index in [1.807, 2.05) is 63.2 Å². The highest BCUT2D eigenvalue weighted by atomic mass is 16.2. The molecule has 34 heavy (non-hydrogen) atoms. The monoisotopic (exact) mass is 456 g/mol. The number of hydrogen-bond acceptors (Lipinski definition) is 5. The minimum absolute atomic E-state index is 0.0782. The Morgan fingerprint density at radius 1 is 1.00 bits per heavy atom. The molecule has 0 spiro atoms.